The molecular formula is C28H34F3N7O. The van der Waals surface area contributed by atoms with Crippen molar-refractivity contribution >= 4 is 5.91 Å². The van der Waals surface area contributed by atoms with E-state index < -0.39 is 23.2 Å². The Morgan fingerprint density at radius 1 is 1.03 bits per heavy atom. The maximum absolute atomic E-state index is 15.8. The van der Waals surface area contributed by atoms with Gasteiger partial charge >= 0.3 is 0 Å². The topological polar surface area (TPSA) is 76.6 Å². The predicted octanol–water partition coefficient (Wildman–Crippen LogP) is 3.06. The van der Waals surface area contributed by atoms with Crippen LogP contribution in [0.5, 0.6) is 0 Å². The van der Waals surface area contributed by atoms with E-state index in [-0.39, 0.29) is 31.0 Å². The Hall–Kier alpha value is -3.44. The van der Waals surface area contributed by atoms with E-state index in [0.717, 1.165) is 11.1 Å². The number of carbonyl (C=O) groups excluding carboxylic acids is 1. The van der Waals surface area contributed by atoms with Crippen molar-refractivity contribution in [3.8, 4) is 0 Å². The highest BCUT2D eigenvalue weighted by Gasteiger charge is 2.45. The number of carbonyl (C=O) groups is 1. The molecule has 2 aromatic rings. The van der Waals surface area contributed by atoms with Crippen molar-refractivity contribution in [2.45, 2.75) is 50.5 Å². The van der Waals surface area contributed by atoms with Crippen LogP contribution in [-0.4, -0.2) is 75.2 Å². The number of benzene rings is 1. The minimum atomic E-state index is -1.86. The van der Waals surface area contributed by atoms with Crippen molar-refractivity contribution in [1.29, 1.82) is 0 Å². The number of nitrogens with zero attached hydrogens (tertiary/aromatic N) is 5. The molecule has 3 aliphatic heterocycles. The number of piperidine rings is 2. The van der Waals surface area contributed by atoms with Crippen LogP contribution in [0.4, 0.5) is 13.2 Å². The first-order valence-electron chi connectivity index (χ1n) is 13.4. The van der Waals surface area contributed by atoms with Gasteiger partial charge in [0.25, 0.3) is 5.91 Å². The highest BCUT2D eigenvalue weighted by atomic mass is 19.1. The number of alkyl halides is 1. The second-order valence-corrected chi connectivity index (χ2v) is 10.5. The van der Waals surface area contributed by atoms with Gasteiger partial charge in [0.15, 0.2) is 5.67 Å². The van der Waals surface area contributed by atoms with Crippen LogP contribution in [0.3, 0.4) is 0 Å². The van der Waals surface area contributed by atoms with Crippen molar-refractivity contribution in [3.63, 3.8) is 0 Å². The van der Waals surface area contributed by atoms with Crippen LogP contribution in [0.2, 0.25) is 0 Å². The van der Waals surface area contributed by atoms with Crippen molar-refractivity contribution in [3.05, 3.63) is 83.5 Å². The largest absolute Gasteiger partial charge is 0.340 e. The second kappa shape index (κ2) is 12.2. The van der Waals surface area contributed by atoms with E-state index in [0.29, 0.717) is 52.1 Å². The van der Waals surface area contributed by atoms with Gasteiger partial charge in [-0.2, -0.15) is 10.2 Å². The van der Waals surface area contributed by atoms with Crippen LogP contribution in [0.25, 0.3) is 0 Å². The second-order valence-electron chi connectivity index (χ2n) is 10.5. The number of likely N-dealkylation sites (tertiary alicyclic amines) is 2. The minimum absolute atomic E-state index is 0.0130. The summed E-state index contributed by atoms with van der Waals surface area (Å²) in [4.78, 5) is 19.1. The van der Waals surface area contributed by atoms with Crippen LogP contribution in [-0.2, 0) is 17.9 Å². The molecule has 0 unspecified atom stereocenters. The average Bonchev–Trinajstić information content (AvgIpc) is 2.96. The SMILES string of the molecule is O=C(N1CCC(N(Cc2ccnnc2)Cc2c(F)cccc2F)CC1)C1(F)CCN(CC2=CNNC=C2)CC1. The molecule has 0 spiro atoms. The Morgan fingerprint density at radius 2 is 1.77 bits per heavy atom. The van der Waals surface area contributed by atoms with Gasteiger partial charge in [0, 0.05) is 88.9 Å². The third-order valence-corrected chi connectivity index (χ3v) is 7.88. The number of hydrogen-bond donors (Lipinski definition) is 2. The Balaban J connectivity index is 1.19. The van der Waals surface area contributed by atoms with Gasteiger partial charge < -0.3 is 15.8 Å². The first-order chi connectivity index (χ1) is 18.9. The summed E-state index contributed by atoms with van der Waals surface area (Å²) in [6.07, 6.45) is 10.4. The van der Waals surface area contributed by atoms with Gasteiger partial charge in [-0.05, 0) is 48.3 Å². The van der Waals surface area contributed by atoms with Gasteiger partial charge in [0.2, 0.25) is 0 Å². The summed E-state index contributed by atoms with van der Waals surface area (Å²) in [5.74, 6) is -1.61. The van der Waals surface area contributed by atoms with Gasteiger partial charge in [-0.15, -0.1) is 0 Å². The minimum Gasteiger partial charge on any atom is -0.340 e. The lowest BCUT2D eigenvalue weighted by atomic mass is 9.90. The molecule has 39 heavy (non-hydrogen) atoms. The lowest BCUT2D eigenvalue weighted by molar-refractivity contribution is -0.149. The molecule has 208 valence electrons. The zero-order valence-corrected chi connectivity index (χ0v) is 21.8. The van der Waals surface area contributed by atoms with Gasteiger partial charge in [-0.1, -0.05) is 6.07 Å². The van der Waals surface area contributed by atoms with Gasteiger partial charge in [-0.25, -0.2) is 13.2 Å². The van der Waals surface area contributed by atoms with E-state index in [1.54, 1.807) is 17.3 Å². The molecule has 1 amide bonds. The maximum Gasteiger partial charge on any atom is 0.260 e. The summed E-state index contributed by atoms with van der Waals surface area (Å²) in [6, 6.07) is 5.66. The molecule has 1 aromatic carbocycles. The standard InChI is InChI=1S/C28H34F3N7O/c29-25-2-1-3-26(30)24(25)20-38(19-22-5-11-33-35-17-22)23-6-12-37(13-7-23)27(39)28(31)8-14-36(15-9-28)18-21-4-10-32-34-16-21/h1-5,10-11,16-17,23,32,34H,6-9,12-15,18-20H2. The number of halogens is 3. The number of aromatic nitrogens is 2. The first-order valence-corrected chi connectivity index (χ1v) is 13.4. The van der Waals surface area contributed by atoms with Crippen LogP contribution in [0.1, 0.15) is 36.8 Å². The average molecular weight is 542 g/mol. The number of hydrogen-bond acceptors (Lipinski definition) is 7. The van der Waals surface area contributed by atoms with Gasteiger partial charge in [0.05, 0.1) is 6.20 Å². The van der Waals surface area contributed by atoms with Gasteiger partial charge in [0.1, 0.15) is 11.6 Å². The molecule has 2 N–H and O–H groups in total. The van der Waals surface area contributed by atoms with Crippen LogP contribution in [0, 0.1) is 11.6 Å². The fourth-order valence-corrected chi connectivity index (χ4v) is 5.58. The van der Waals surface area contributed by atoms with E-state index in [4.69, 9.17) is 0 Å². The summed E-state index contributed by atoms with van der Waals surface area (Å²) < 4.78 is 44.8. The third-order valence-electron chi connectivity index (χ3n) is 7.88. The normalized spacial score (nSPS) is 19.9. The lowest BCUT2D eigenvalue weighted by Crippen LogP contribution is -2.55. The van der Waals surface area contributed by atoms with Crippen molar-refractivity contribution < 1.29 is 18.0 Å². The van der Waals surface area contributed by atoms with E-state index in [9.17, 15) is 13.6 Å². The Morgan fingerprint density at radius 3 is 2.41 bits per heavy atom. The van der Waals surface area contributed by atoms with Crippen LogP contribution < -0.4 is 10.9 Å². The molecule has 2 fully saturated rings. The molecule has 11 heteroatoms. The number of amides is 1. The molecule has 8 nitrogen and oxygen atoms in total. The summed E-state index contributed by atoms with van der Waals surface area (Å²) in [5.41, 5.74) is 5.94. The van der Waals surface area contributed by atoms with E-state index >= 15 is 4.39 Å². The Labute approximate surface area is 226 Å². The molecular weight excluding hydrogens is 507 g/mol. The molecule has 1 aromatic heterocycles. The van der Waals surface area contributed by atoms with Crippen molar-refractivity contribution in [2.75, 3.05) is 32.7 Å². The van der Waals surface area contributed by atoms with Gasteiger partial charge in [-0.3, -0.25) is 14.6 Å². The molecule has 3 aliphatic rings. The Kier molecular flexibility index (Phi) is 8.47. The summed E-state index contributed by atoms with van der Waals surface area (Å²) in [7, 11) is 0. The van der Waals surface area contributed by atoms with Crippen LogP contribution in [0.15, 0.2) is 60.7 Å². The summed E-state index contributed by atoms with van der Waals surface area (Å²) in [5, 5.41) is 7.73. The highest BCUT2D eigenvalue weighted by molar-refractivity contribution is 5.85. The zero-order chi connectivity index (χ0) is 27.2. The molecule has 0 radical (unpaired) electrons. The predicted molar refractivity (Wildman–Crippen MR) is 140 cm³/mol. The molecule has 0 bridgehead atoms. The molecule has 2 saturated heterocycles. The molecule has 0 aliphatic carbocycles. The highest BCUT2D eigenvalue weighted by Crippen LogP contribution is 2.31. The summed E-state index contributed by atoms with van der Waals surface area (Å²) in [6.45, 7) is 3.05. The number of rotatable bonds is 8. The first kappa shape index (κ1) is 27.1. The quantitative estimate of drug-likeness (QED) is 0.532. The smallest absolute Gasteiger partial charge is 0.260 e. The molecule has 0 saturated carbocycles. The summed E-state index contributed by atoms with van der Waals surface area (Å²) >= 11 is 0. The fraction of sp³-hybridized carbons (Fsp3) is 0.464. The molecule has 0 atom stereocenters. The lowest BCUT2D eigenvalue weighted by Gasteiger charge is -2.42. The number of nitrogens with one attached hydrogen (secondary N) is 2. The fourth-order valence-electron chi connectivity index (χ4n) is 5.58. The monoisotopic (exact) mass is 541 g/mol. The zero-order valence-electron chi connectivity index (χ0n) is 21.8. The third kappa shape index (κ3) is 6.59. The number of hydrazine groups is 1. The van der Waals surface area contributed by atoms with Crippen molar-refractivity contribution in [1.82, 2.24) is 35.7 Å². The Bertz CT molecular complexity index is 1170. The molecule has 5 rings (SSSR count). The van der Waals surface area contributed by atoms with Crippen molar-refractivity contribution in [2.24, 2.45) is 0 Å². The molecule has 4 heterocycles. The van der Waals surface area contributed by atoms with E-state index in [1.807, 2.05) is 29.4 Å². The maximum atomic E-state index is 15.8. The van der Waals surface area contributed by atoms with E-state index in [2.05, 4.69) is 25.9 Å². The van der Waals surface area contributed by atoms with Crippen LogP contribution >= 0.6 is 0 Å². The van der Waals surface area contributed by atoms with E-state index in [1.165, 1.54) is 18.2 Å².